The van der Waals surface area contributed by atoms with Crippen LogP contribution in [-0.4, -0.2) is 7.11 Å². The van der Waals surface area contributed by atoms with E-state index in [1.165, 1.54) is 43.3 Å². The molecule has 4 aliphatic carbocycles. The Bertz CT molecular complexity index is 620. The van der Waals surface area contributed by atoms with Gasteiger partial charge in [-0.25, -0.2) is 0 Å². The molecule has 1 heteroatoms. The fourth-order valence-electron chi connectivity index (χ4n) is 5.69. The van der Waals surface area contributed by atoms with E-state index in [4.69, 9.17) is 4.74 Å². The van der Waals surface area contributed by atoms with Gasteiger partial charge in [0, 0.05) is 11.8 Å². The van der Waals surface area contributed by atoms with E-state index < -0.39 is 0 Å². The third-order valence-corrected chi connectivity index (χ3v) is 7.33. The molecule has 0 aromatic heterocycles. The predicted octanol–water partition coefficient (Wildman–Crippen LogP) is 5.57. The zero-order valence-electron chi connectivity index (χ0n) is 14.2. The van der Waals surface area contributed by atoms with Crippen LogP contribution in [0.15, 0.2) is 47.3 Å². The molecule has 0 N–H and O–H groups in total. The van der Waals surface area contributed by atoms with E-state index in [-0.39, 0.29) is 5.41 Å². The fraction of sp³-hybridized carbons (Fsp3) is 0.619. The maximum Gasteiger partial charge on any atom is 0.0958 e. The summed E-state index contributed by atoms with van der Waals surface area (Å²) in [4.78, 5) is 0. The summed E-state index contributed by atoms with van der Waals surface area (Å²) in [6.07, 6.45) is 14.7. The number of allylic oxidation sites excluding steroid dienone is 7. The first-order valence-corrected chi connectivity index (χ1v) is 8.83. The second-order valence-electron chi connectivity index (χ2n) is 8.18. The summed E-state index contributed by atoms with van der Waals surface area (Å²) in [7, 11) is 1.80. The first-order chi connectivity index (χ1) is 10.5. The Hall–Kier alpha value is -1.24. The number of methoxy groups -OCH3 is 1. The Morgan fingerprint density at radius 3 is 2.82 bits per heavy atom. The summed E-state index contributed by atoms with van der Waals surface area (Å²) in [6, 6.07) is 0. The minimum Gasteiger partial charge on any atom is -0.501 e. The van der Waals surface area contributed by atoms with Crippen LogP contribution in [0.3, 0.4) is 0 Å². The monoisotopic (exact) mass is 296 g/mol. The number of fused-ring (bicyclic) bond motifs is 5. The molecule has 4 unspecified atom stereocenters. The minimum absolute atomic E-state index is 0.246. The summed E-state index contributed by atoms with van der Waals surface area (Å²) in [6.45, 7) is 9.33. The molecule has 0 spiro atoms. The lowest BCUT2D eigenvalue weighted by Gasteiger charge is -2.51. The van der Waals surface area contributed by atoms with E-state index in [0.717, 1.165) is 24.0 Å². The normalized spacial score (nSPS) is 43.4. The molecule has 0 aliphatic heterocycles. The van der Waals surface area contributed by atoms with Crippen LogP contribution in [0.2, 0.25) is 0 Å². The van der Waals surface area contributed by atoms with Gasteiger partial charge in [0.1, 0.15) is 0 Å². The van der Waals surface area contributed by atoms with Crippen LogP contribution in [0.1, 0.15) is 52.4 Å². The molecule has 22 heavy (non-hydrogen) atoms. The highest BCUT2D eigenvalue weighted by molar-refractivity contribution is 5.46. The maximum atomic E-state index is 5.51. The van der Waals surface area contributed by atoms with Crippen molar-refractivity contribution in [2.75, 3.05) is 7.11 Å². The molecule has 0 aromatic rings. The average molecular weight is 296 g/mol. The van der Waals surface area contributed by atoms with Crippen molar-refractivity contribution in [3.05, 3.63) is 47.3 Å². The summed E-state index contributed by atoms with van der Waals surface area (Å²) in [5.41, 5.74) is 5.33. The zero-order valence-corrected chi connectivity index (χ0v) is 14.2. The van der Waals surface area contributed by atoms with Crippen LogP contribution < -0.4 is 0 Å². The van der Waals surface area contributed by atoms with E-state index in [1.54, 1.807) is 12.7 Å². The van der Waals surface area contributed by atoms with Gasteiger partial charge in [0.2, 0.25) is 0 Å². The van der Waals surface area contributed by atoms with Gasteiger partial charge >= 0.3 is 0 Å². The molecule has 4 rings (SSSR count). The summed E-state index contributed by atoms with van der Waals surface area (Å²) >= 11 is 0. The van der Waals surface area contributed by atoms with Gasteiger partial charge < -0.3 is 4.74 Å². The van der Waals surface area contributed by atoms with Crippen molar-refractivity contribution in [1.29, 1.82) is 0 Å². The smallest absolute Gasteiger partial charge is 0.0958 e. The van der Waals surface area contributed by atoms with Crippen molar-refractivity contribution in [2.45, 2.75) is 52.4 Å². The molecule has 1 fully saturated rings. The largest absolute Gasteiger partial charge is 0.501 e. The standard InChI is InChI=1S/C21H28O/c1-14-5-8-18-17-7-6-15-13-16(22-4)9-11-21(15,3)19(17)10-12-20(14,18)2/h6,10,13,17-18H,1,5,7-9,11-12H2,2-4H3. The lowest BCUT2D eigenvalue weighted by atomic mass is 9.53. The third kappa shape index (κ3) is 1.71. The van der Waals surface area contributed by atoms with Gasteiger partial charge in [-0.3, -0.25) is 0 Å². The molecule has 1 saturated carbocycles. The first-order valence-electron chi connectivity index (χ1n) is 8.83. The maximum absolute atomic E-state index is 5.51. The second kappa shape index (κ2) is 4.63. The Balaban J connectivity index is 1.76. The quantitative estimate of drug-likeness (QED) is 0.575. The SMILES string of the molecule is C=C1CCC2C3CC=C4C=C(OC)CCC4(C)C3=CCC12C. The Labute approximate surface area is 134 Å². The van der Waals surface area contributed by atoms with Gasteiger partial charge in [-0.1, -0.05) is 43.7 Å². The topological polar surface area (TPSA) is 9.23 Å². The molecular weight excluding hydrogens is 268 g/mol. The lowest BCUT2D eigenvalue weighted by Crippen LogP contribution is -2.41. The molecule has 0 bridgehead atoms. The molecule has 0 saturated heterocycles. The number of hydrogen-bond acceptors (Lipinski definition) is 1. The highest BCUT2D eigenvalue weighted by Gasteiger charge is 2.52. The van der Waals surface area contributed by atoms with Crippen LogP contribution in [0, 0.1) is 22.7 Å². The van der Waals surface area contributed by atoms with E-state index in [1.807, 2.05) is 0 Å². The third-order valence-electron chi connectivity index (χ3n) is 7.33. The lowest BCUT2D eigenvalue weighted by molar-refractivity contribution is 0.158. The van der Waals surface area contributed by atoms with Crippen molar-refractivity contribution >= 4 is 0 Å². The number of hydrogen-bond donors (Lipinski definition) is 0. The Morgan fingerprint density at radius 1 is 1.23 bits per heavy atom. The van der Waals surface area contributed by atoms with Gasteiger partial charge in [0.05, 0.1) is 12.9 Å². The van der Waals surface area contributed by atoms with Crippen molar-refractivity contribution in [1.82, 2.24) is 0 Å². The predicted molar refractivity (Wildman–Crippen MR) is 91.3 cm³/mol. The average Bonchev–Trinajstić information content (AvgIpc) is 2.82. The van der Waals surface area contributed by atoms with Gasteiger partial charge in [-0.15, -0.1) is 0 Å². The van der Waals surface area contributed by atoms with Crippen molar-refractivity contribution < 1.29 is 4.74 Å². The molecule has 0 aromatic carbocycles. The molecule has 0 heterocycles. The van der Waals surface area contributed by atoms with E-state index in [2.05, 4.69) is 38.7 Å². The highest BCUT2D eigenvalue weighted by Crippen LogP contribution is 2.63. The van der Waals surface area contributed by atoms with Crippen molar-refractivity contribution in [3.8, 4) is 0 Å². The van der Waals surface area contributed by atoms with Crippen LogP contribution in [0.4, 0.5) is 0 Å². The Morgan fingerprint density at radius 2 is 2.05 bits per heavy atom. The van der Waals surface area contributed by atoms with Crippen molar-refractivity contribution in [3.63, 3.8) is 0 Å². The summed E-state index contributed by atoms with van der Waals surface area (Å²) in [5.74, 6) is 2.70. The van der Waals surface area contributed by atoms with Crippen LogP contribution >= 0.6 is 0 Å². The molecule has 0 amide bonds. The second-order valence-corrected chi connectivity index (χ2v) is 8.18. The van der Waals surface area contributed by atoms with E-state index in [9.17, 15) is 0 Å². The van der Waals surface area contributed by atoms with E-state index >= 15 is 0 Å². The minimum atomic E-state index is 0.246. The summed E-state index contributed by atoms with van der Waals surface area (Å²) in [5, 5.41) is 0. The van der Waals surface area contributed by atoms with Gasteiger partial charge in [-0.05, 0) is 61.0 Å². The van der Waals surface area contributed by atoms with Gasteiger partial charge in [0.15, 0.2) is 0 Å². The van der Waals surface area contributed by atoms with Gasteiger partial charge in [0.25, 0.3) is 0 Å². The molecular formula is C21H28O. The van der Waals surface area contributed by atoms with Crippen LogP contribution in [0.5, 0.6) is 0 Å². The zero-order chi connectivity index (χ0) is 15.5. The molecule has 1 nitrogen and oxygen atoms in total. The summed E-state index contributed by atoms with van der Waals surface area (Å²) < 4.78 is 5.51. The Kier molecular flexibility index (Phi) is 3.02. The van der Waals surface area contributed by atoms with E-state index in [0.29, 0.717) is 5.41 Å². The van der Waals surface area contributed by atoms with Crippen LogP contribution in [0.25, 0.3) is 0 Å². The van der Waals surface area contributed by atoms with Crippen molar-refractivity contribution in [2.24, 2.45) is 22.7 Å². The number of rotatable bonds is 1. The fourth-order valence-corrected chi connectivity index (χ4v) is 5.69. The molecule has 4 aliphatic rings. The molecule has 118 valence electrons. The van der Waals surface area contributed by atoms with Crippen LogP contribution in [-0.2, 0) is 4.74 Å². The molecule has 0 radical (unpaired) electrons. The first kappa shape index (κ1) is 14.4. The van der Waals surface area contributed by atoms with Gasteiger partial charge in [-0.2, -0.15) is 0 Å². The number of ether oxygens (including phenoxy) is 1. The highest BCUT2D eigenvalue weighted by atomic mass is 16.5. The molecule has 4 atom stereocenters.